The Labute approximate surface area is 118 Å². The van der Waals surface area contributed by atoms with Crippen molar-refractivity contribution in [3.05, 3.63) is 12.7 Å². The van der Waals surface area contributed by atoms with E-state index < -0.39 is 13.4 Å². The highest BCUT2D eigenvalue weighted by Gasteiger charge is 2.20. The summed E-state index contributed by atoms with van der Waals surface area (Å²) in [6.45, 7) is 15.8. The lowest BCUT2D eigenvalue weighted by molar-refractivity contribution is -0.904. The molecule has 0 aromatic rings. The number of rotatable bonds is 3. The summed E-state index contributed by atoms with van der Waals surface area (Å²) in [5, 5.41) is 13.9. The van der Waals surface area contributed by atoms with Crippen LogP contribution < -0.4 is 0 Å². The van der Waals surface area contributed by atoms with E-state index in [2.05, 4.69) is 34.4 Å². The van der Waals surface area contributed by atoms with Crippen molar-refractivity contribution in [3.8, 4) is 0 Å². The van der Waals surface area contributed by atoms with Gasteiger partial charge in [0.2, 0.25) is 0 Å². The quantitative estimate of drug-likeness (QED) is 0.355. The molecule has 0 spiro atoms. The van der Waals surface area contributed by atoms with Gasteiger partial charge in [-0.15, -0.1) is 6.58 Å². The SMILES string of the molecule is C=CC.CC[N+](C)(CC)CC.F[B-](F)(F)F.O=C(O)O. The fourth-order valence-electron chi connectivity index (χ4n) is 0.671. The Morgan fingerprint density at radius 1 is 1.10 bits per heavy atom. The van der Waals surface area contributed by atoms with Gasteiger partial charge < -0.3 is 32.0 Å². The molecule has 0 heterocycles. The summed E-state index contributed by atoms with van der Waals surface area (Å²) in [6, 6.07) is 0. The van der Waals surface area contributed by atoms with Crippen molar-refractivity contribution in [3.63, 3.8) is 0 Å². The number of halogens is 4. The fourth-order valence-corrected chi connectivity index (χ4v) is 0.671. The Balaban J connectivity index is -0.0000000924. The second kappa shape index (κ2) is 15.8. The van der Waals surface area contributed by atoms with Gasteiger partial charge in [-0.25, -0.2) is 4.79 Å². The zero-order valence-corrected chi connectivity index (χ0v) is 12.7. The molecule has 4 nitrogen and oxygen atoms in total. The van der Waals surface area contributed by atoms with Gasteiger partial charge in [0.05, 0.1) is 26.7 Å². The molecule has 0 amide bonds. The number of nitrogens with zero attached hydrogens (tertiary/aromatic N) is 1. The van der Waals surface area contributed by atoms with Crippen LogP contribution in [0.1, 0.15) is 27.7 Å². The molecular weight excluding hydrogens is 281 g/mol. The molecule has 9 heteroatoms. The van der Waals surface area contributed by atoms with Crippen LogP contribution in [0.3, 0.4) is 0 Å². The van der Waals surface area contributed by atoms with Crippen LogP contribution in [0.25, 0.3) is 0 Å². The molecule has 0 rings (SSSR count). The first-order chi connectivity index (χ1) is 8.83. The molecule has 0 radical (unpaired) electrons. The predicted molar refractivity (Wildman–Crippen MR) is 74.5 cm³/mol. The minimum absolute atomic E-state index is 1.21. The summed E-state index contributed by atoms with van der Waals surface area (Å²) >= 11 is 0. The van der Waals surface area contributed by atoms with E-state index in [-0.39, 0.29) is 0 Å². The van der Waals surface area contributed by atoms with Crippen molar-refractivity contribution in [2.75, 3.05) is 26.7 Å². The Morgan fingerprint density at radius 2 is 1.20 bits per heavy atom. The van der Waals surface area contributed by atoms with Crippen molar-refractivity contribution in [2.24, 2.45) is 0 Å². The lowest BCUT2D eigenvalue weighted by Gasteiger charge is -2.30. The number of carboxylic acid groups (broad SMARTS) is 2. The van der Waals surface area contributed by atoms with Gasteiger partial charge in [-0.3, -0.25) is 0 Å². The van der Waals surface area contributed by atoms with E-state index in [0.29, 0.717) is 0 Å². The van der Waals surface area contributed by atoms with E-state index in [1.165, 1.54) is 24.1 Å². The maximum atomic E-state index is 9.75. The maximum absolute atomic E-state index is 9.75. The lowest BCUT2D eigenvalue weighted by Crippen LogP contribution is -2.42. The van der Waals surface area contributed by atoms with E-state index in [4.69, 9.17) is 15.0 Å². The van der Waals surface area contributed by atoms with Gasteiger partial charge in [0.25, 0.3) is 0 Å². The average molecular weight is 307 g/mol. The number of allylic oxidation sites excluding steroid dienone is 1. The number of carbonyl (C=O) groups is 1. The highest BCUT2D eigenvalue weighted by molar-refractivity contribution is 6.50. The molecule has 0 saturated carbocycles. The van der Waals surface area contributed by atoms with Crippen LogP contribution in [0, 0.1) is 0 Å². The van der Waals surface area contributed by atoms with Crippen molar-refractivity contribution < 1.29 is 36.8 Å². The summed E-state index contributed by atoms with van der Waals surface area (Å²) in [5.74, 6) is 0. The van der Waals surface area contributed by atoms with Crippen molar-refractivity contribution in [1.29, 1.82) is 0 Å². The average Bonchev–Trinajstić information content (AvgIpc) is 2.26. The summed E-state index contributed by atoms with van der Waals surface area (Å²) in [5.41, 5.74) is 0. The molecule has 0 aromatic heterocycles. The molecule has 0 aliphatic heterocycles. The summed E-state index contributed by atoms with van der Waals surface area (Å²) in [7, 11) is -3.71. The van der Waals surface area contributed by atoms with Crippen molar-refractivity contribution in [1.82, 2.24) is 0 Å². The third-order valence-corrected chi connectivity index (χ3v) is 2.29. The molecule has 0 saturated heterocycles. The molecule has 0 atom stereocenters. The molecular formula is C11H26BF4NO3. The van der Waals surface area contributed by atoms with Crippen LogP contribution in [-0.4, -0.2) is 54.8 Å². The van der Waals surface area contributed by atoms with Gasteiger partial charge in [0.1, 0.15) is 0 Å². The Kier molecular flexibility index (Phi) is 21.5. The smallest absolute Gasteiger partial charge is 0.450 e. The third-order valence-electron chi connectivity index (χ3n) is 2.29. The van der Waals surface area contributed by atoms with E-state index in [1.54, 1.807) is 6.08 Å². The van der Waals surface area contributed by atoms with E-state index in [9.17, 15) is 17.3 Å². The van der Waals surface area contributed by atoms with Gasteiger partial charge >= 0.3 is 13.4 Å². The van der Waals surface area contributed by atoms with Gasteiger partial charge in [-0.05, 0) is 27.7 Å². The van der Waals surface area contributed by atoms with Crippen molar-refractivity contribution >= 4 is 13.4 Å². The zero-order chi connectivity index (χ0) is 17.4. The van der Waals surface area contributed by atoms with Crippen LogP contribution in [0.5, 0.6) is 0 Å². The highest BCUT2D eigenvalue weighted by atomic mass is 19.5. The first-order valence-corrected chi connectivity index (χ1v) is 6.03. The van der Waals surface area contributed by atoms with Gasteiger partial charge in [0, 0.05) is 0 Å². The predicted octanol–water partition coefficient (Wildman–Crippen LogP) is 4.21. The second-order valence-electron chi connectivity index (χ2n) is 3.75. The monoisotopic (exact) mass is 307 g/mol. The van der Waals surface area contributed by atoms with E-state index in [0.717, 1.165) is 0 Å². The maximum Gasteiger partial charge on any atom is 0.673 e. The topological polar surface area (TPSA) is 57.5 Å². The van der Waals surface area contributed by atoms with Gasteiger partial charge in [0.15, 0.2) is 0 Å². The molecule has 0 aromatic carbocycles. The van der Waals surface area contributed by atoms with Crippen LogP contribution in [0.15, 0.2) is 12.7 Å². The largest absolute Gasteiger partial charge is 0.673 e. The number of hydrogen-bond donors (Lipinski definition) is 2. The standard InChI is InChI=1S/C7H18N.C3H6.CH2O3.BF4/c1-5-8(4,6-2)7-3;1-3-2;2-1(3)4;2-1(3,4)5/h5-7H2,1-4H3;3H,1H2,2H3;(H2,2,3,4);/q+1;;;-1. The van der Waals surface area contributed by atoms with Gasteiger partial charge in [-0.2, -0.15) is 0 Å². The summed E-state index contributed by atoms with van der Waals surface area (Å²) in [4.78, 5) is 8.56. The zero-order valence-electron chi connectivity index (χ0n) is 12.7. The minimum atomic E-state index is -6.00. The van der Waals surface area contributed by atoms with Crippen molar-refractivity contribution in [2.45, 2.75) is 27.7 Å². The molecule has 0 aliphatic carbocycles. The molecule has 2 N–H and O–H groups in total. The molecule has 0 bridgehead atoms. The fraction of sp³-hybridized carbons (Fsp3) is 0.727. The van der Waals surface area contributed by atoms with Gasteiger partial charge in [-0.1, -0.05) is 6.08 Å². The Bertz CT molecular complexity index is 216. The summed E-state index contributed by atoms with van der Waals surface area (Å²) < 4.78 is 40.2. The van der Waals surface area contributed by atoms with E-state index in [1.807, 2.05) is 6.92 Å². The molecule has 124 valence electrons. The van der Waals surface area contributed by atoms with E-state index >= 15 is 0 Å². The lowest BCUT2D eigenvalue weighted by atomic mass is 10.3. The Hall–Kier alpha value is -1.25. The van der Waals surface area contributed by atoms with Crippen LogP contribution in [0.2, 0.25) is 0 Å². The Morgan fingerprint density at radius 3 is 1.20 bits per heavy atom. The first-order valence-electron chi connectivity index (χ1n) is 6.03. The third kappa shape index (κ3) is 69.2. The van der Waals surface area contributed by atoms with Crippen LogP contribution in [0.4, 0.5) is 22.1 Å². The minimum Gasteiger partial charge on any atom is -0.450 e. The first kappa shape index (κ1) is 27.2. The summed E-state index contributed by atoms with van der Waals surface area (Å²) in [6.07, 6.45) is -0.0833. The van der Waals surface area contributed by atoms with Crippen LogP contribution in [-0.2, 0) is 0 Å². The second-order valence-corrected chi connectivity index (χ2v) is 3.75. The highest BCUT2D eigenvalue weighted by Crippen LogP contribution is 2.06. The number of hydrogen-bond acceptors (Lipinski definition) is 1. The normalized spacial score (nSPS) is 9.65. The molecule has 0 unspecified atom stereocenters. The molecule has 0 aliphatic rings. The number of quaternary nitrogens is 1. The van der Waals surface area contributed by atoms with Crippen LogP contribution >= 0.6 is 0 Å². The molecule has 20 heavy (non-hydrogen) atoms. The molecule has 0 fully saturated rings.